The summed E-state index contributed by atoms with van der Waals surface area (Å²) in [5.41, 5.74) is 0. The Morgan fingerprint density at radius 2 is 2.43 bits per heavy atom. The molecule has 3 rings (SSSR count). The lowest BCUT2D eigenvalue weighted by atomic mass is 10.2. The maximum atomic E-state index is 12.4. The number of amides is 2. The summed E-state index contributed by atoms with van der Waals surface area (Å²) in [6.07, 6.45) is 7.26. The second kappa shape index (κ2) is 7.32. The molecule has 0 saturated carbocycles. The number of nitrogens with one attached hydrogen (secondary N) is 1. The van der Waals surface area contributed by atoms with E-state index in [-0.39, 0.29) is 12.1 Å². The van der Waals surface area contributed by atoms with Gasteiger partial charge in [-0.05, 0) is 25.0 Å². The van der Waals surface area contributed by atoms with Gasteiger partial charge in [-0.2, -0.15) is 0 Å². The molecule has 124 valence electrons. The van der Waals surface area contributed by atoms with Gasteiger partial charge < -0.3 is 23.9 Å². The molecule has 1 saturated heterocycles. The summed E-state index contributed by atoms with van der Waals surface area (Å²) in [5, 5.41) is 2.97. The molecular formula is C16H22N4O3. The smallest absolute Gasteiger partial charge is 0.318 e. The topological polar surface area (TPSA) is 72.5 Å². The molecule has 7 nitrogen and oxygen atoms in total. The predicted molar refractivity (Wildman–Crippen MR) is 83.7 cm³/mol. The fraction of sp³-hybridized carbons (Fsp3) is 0.500. The lowest BCUT2D eigenvalue weighted by molar-refractivity contribution is 0.156. The van der Waals surface area contributed by atoms with E-state index in [2.05, 4.69) is 10.3 Å². The Labute approximate surface area is 135 Å². The zero-order valence-corrected chi connectivity index (χ0v) is 13.3. The third-order valence-electron chi connectivity index (χ3n) is 4.02. The number of methoxy groups -OCH3 is 1. The van der Waals surface area contributed by atoms with E-state index in [1.165, 1.54) is 0 Å². The highest BCUT2D eigenvalue weighted by Gasteiger charge is 2.32. The van der Waals surface area contributed by atoms with E-state index in [0.29, 0.717) is 19.7 Å². The van der Waals surface area contributed by atoms with Gasteiger partial charge in [0.2, 0.25) is 0 Å². The molecular weight excluding hydrogens is 296 g/mol. The van der Waals surface area contributed by atoms with Gasteiger partial charge in [0.1, 0.15) is 18.1 Å². The van der Waals surface area contributed by atoms with Gasteiger partial charge in [0, 0.05) is 39.1 Å². The summed E-state index contributed by atoms with van der Waals surface area (Å²) >= 11 is 0. The summed E-state index contributed by atoms with van der Waals surface area (Å²) < 4.78 is 12.8. The Bertz CT molecular complexity index is 623. The van der Waals surface area contributed by atoms with Crippen LogP contribution in [0.25, 0.3) is 0 Å². The molecule has 1 aliphatic heterocycles. The fourth-order valence-corrected chi connectivity index (χ4v) is 2.91. The first-order chi connectivity index (χ1) is 11.3. The van der Waals surface area contributed by atoms with Crippen molar-refractivity contribution in [3.8, 4) is 0 Å². The maximum absolute atomic E-state index is 12.4. The Kier molecular flexibility index (Phi) is 4.97. The number of ether oxygens (including phenoxy) is 1. The molecule has 2 aromatic rings. The highest BCUT2D eigenvalue weighted by molar-refractivity contribution is 5.75. The molecule has 1 aliphatic rings. The molecule has 0 spiro atoms. The first-order valence-electron chi connectivity index (χ1n) is 7.85. The van der Waals surface area contributed by atoms with Crippen molar-refractivity contribution < 1.29 is 13.9 Å². The Hall–Kier alpha value is -2.28. The average Bonchev–Trinajstić information content (AvgIpc) is 3.28. The molecule has 23 heavy (non-hydrogen) atoms. The van der Waals surface area contributed by atoms with E-state index >= 15 is 0 Å². The molecule has 0 aromatic carbocycles. The molecule has 1 N–H and O–H groups in total. The number of rotatable bonds is 6. The van der Waals surface area contributed by atoms with Crippen molar-refractivity contribution in [3.05, 3.63) is 42.4 Å². The van der Waals surface area contributed by atoms with Crippen LogP contribution in [0.15, 0.2) is 35.3 Å². The quantitative estimate of drug-likeness (QED) is 0.886. The van der Waals surface area contributed by atoms with Gasteiger partial charge in [-0.3, -0.25) is 0 Å². The van der Waals surface area contributed by atoms with Crippen molar-refractivity contribution in [2.75, 3.05) is 20.2 Å². The average molecular weight is 318 g/mol. The van der Waals surface area contributed by atoms with Crippen molar-refractivity contribution in [2.45, 2.75) is 32.0 Å². The Morgan fingerprint density at radius 1 is 1.52 bits per heavy atom. The van der Waals surface area contributed by atoms with Crippen molar-refractivity contribution in [1.29, 1.82) is 0 Å². The van der Waals surface area contributed by atoms with Gasteiger partial charge in [-0.15, -0.1) is 0 Å². The van der Waals surface area contributed by atoms with Gasteiger partial charge >= 0.3 is 6.03 Å². The van der Waals surface area contributed by atoms with Crippen LogP contribution in [-0.4, -0.2) is 40.7 Å². The number of aromatic nitrogens is 2. The highest BCUT2D eigenvalue weighted by Crippen LogP contribution is 2.33. The third kappa shape index (κ3) is 3.73. The van der Waals surface area contributed by atoms with Crippen LogP contribution in [0.5, 0.6) is 0 Å². The molecule has 2 aromatic heterocycles. The summed E-state index contributed by atoms with van der Waals surface area (Å²) in [6, 6.07) is 3.81. The summed E-state index contributed by atoms with van der Waals surface area (Å²) in [4.78, 5) is 18.2. The predicted octanol–water partition coefficient (Wildman–Crippen LogP) is 2.17. The molecule has 3 heterocycles. The molecule has 2 amide bonds. The molecule has 0 bridgehead atoms. The van der Waals surface area contributed by atoms with Crippen LogP contribution in [-0.2, 0) is 17.9 Å². The van der Waals surface area contributed by atoms with E-state index in [1.807, 2.05) is 27.8 Å². The second-order valence-corrected chi connectivity index (χ2v) is 5.62. The normalized spacial score (nSPS) is 17.6. The SMILES string of the molecule is COCc1ccc([C@H]2CCCN2C(=O)NCCn2ccnc2)o1. The number of carbonyl (C=O) groups excluding carboxylic acids is 1. The van der Waals surface area contributed by atoms with Crippen LogP contribution in [0.2, 0.25) is 0 Å². The number of urea groups is 1. The minimum atomic E-state index is -0.0442. The number of likely N-dealkylation sites (tertiary alicyclic amines) is 1. The molecule has 0 aliphatic carbocycles. The molecule has 0 unspecified atom stereocenters. The number of furan rings is 1. The van der Waals surface area contributed by atoms with E-state index in [4.69, 9.17) is 9.15 Å². The van der Waals surface area contributed by atoms with Crippen LogP contribution in [0.3, 0.4) is 0 Å². The molecule has 1 atom stereocenters. The Morgan fingerprint density at radius 3 is 3.22 bits per heavy atom. The minimum absolute atomic E-state index is 0.00820. The lowest BCUT2D eigenvalue weighted by Gasteiger charge is -2.23. The molecule has 1 fully saturated rings. The molecule has 7 heteroatoms. The number of hydrogen-bond acceptors (Lipinski definition) is 4. The van der Waals surface area contributed by atoms with Gasteiger partial charge in [0.05, 0.1) is 12.4 Å². The Balaban J connectivity index is 1.55. The minimum Gasteiger partial charge on any atom is -0.461 e. The summed E-state index contributed by atoms with van der Waals surface area (Å²) in [5.74, 6) is 1.62. The van der Waals surface area contributed by atoms with Gasteiger partial charge in [-0.1, -0.05) is 0 Å². The fourth-order valence-electron chi connectivity index (χ4n) is 2.91. The summed E-state index contributed by atoms with van der Waals surface area (Å²) in [6.45, 7) is 2.49. The van der Waals surface area contributed by atoms with Gasteiger partial charge in [-0.25, -0.2) is 9.78 Å². The highest BCUT2D eigenvalue weighted by atomic mass is 16.5. The third-order valence-corrected chi connectivity index (χ3v) is 4.02. The number of carbonyl (C=O) groups is 1. The monoisotopic (exact) mass is 318 g/mol. The van der Waals surface area contributed by atoms with Crippen molar-refractivity contribution >= 4 is 6.03 Å². The van der Waals surface area contributed by atoms with Crippen LogP contribution in [0.4, 0.5) is 4.79 Å². The van der Waals surface area contributed by atoms with Crippen molar-refractivity contribution in [2.24, 2.45) is 0 Å². The standard InChI is InChI=1S/C16H22N4O3/c1-22-11-13-4-5-15(23-13)14-3-2-8-20(14)16(21)18-7-10-19-9-6-17-12-19/h4-6,9,12,14H,2-3,7-8,10-11H2,1H3,(H,18,21)/t14-/m1/s1. The zero-order valence-electron chi connectivity index (χ0n) is 13.3. The second-order valence-electron chi connectivity index (χ2n) is 5.62. The van der Waals surface area contributed by atoms with E-state index in [1.54, 1.807) is 19.6 Å². The first kappa shape index (κ1) is 15.6. The number of hydrogen-bond donors (Lipinski definition) is 1. The van der Waals surface area contributed by atoms with Crippen LogP contribution in [0.1, 0.15) is 30.4 Å². The van der Waals surface area contributed by atoms with E-state index in [9.17, 15) is 4.79 Å². The first-order valence-corrected chi connectivity index (χ1v) is 7.85. The number of nitrogens with zero attached hydrogens (tertiary/aromatic N) is 3. The summed E-state index contributed by atoms with van der Waals surface area (Å²) in [7, 11) is 1.64. The van der Waals surface area contributed by atoms with Crippen LogP contribution < -0.4 is 5.32 Å². The van der Waals surface area contributed by atoms with Gasteiger partial charge in [0.15, 0.2) is 0 Å². The van der Waals surface area contributed by atoms with Gasteiger partial charge in [0.25, 0.3) is 0 Å². The maximum Gasteiger partial charge on any atom is 0.318 e. The van der Waals surface area contributed by atoms with E-state index in [0.717, 1.165) is 30.9 Å². The molecule has 0 radical (unpaired) electrons. The van der Waals surface area contributed by atoms with E-state index < -0.39 is 0 Å². The largest absolute Gasteiger partial charge is 0.461 e. The lowest BCUT2D eigenvalue weighted by Crippen LogP contribution is -2.40. The number of imidazole rings is 1. The van der Waals surface area contributed by atoms with Crippen molar-refractivity contribution in [3.63, 3.8) is 0 Å². The van der Waals surface area contributed by atoms with Crippen molar-refractivity contribution in [1.82, 2.24) is 19.8 Å². The zero-order chi connectivity index (χ0) is 16.1. The van der Waals surface area contributed by atoms with Crippen LogP contribution in [0, 0.1) is 0 Å². The van der Waals surface area contributed by atoms with Crippen LogP contribution >= 0.6 is 0 Å².